The highest BCUT2D eigenvalue weighted by atomic mass is 32.1. The number of benzene rings is 1. The van der Waals surface area contributed by atoms with Crippen LogP contribution in [0.25, 0.3) is 0 Å². The Labute approximate surface area is 110 Å². The number of rotatable bonds is 5. The normalized spacial score (nSPS) is 12.3. The SMILES string of the molecule is C[C@@H](NCc1ccc(C(=O)O)cc1)c1cccs1. The van der Waals surface area contributed by atoms with Crippen molar-refractivity contribution < 1.29 is 9.90 Å². The molecule has 0 aliphatic rings. The summed E-state index contributed by atoms with van der Waals surface area (Å²) in [6.45, 7) is 2.86. The Morgan fingerprint density at radius 2 is 2.06 bits per heavy atom. The fourth-order valence-electron chi connectivity index (χ4n) is 1.67. The van der Waals surface area contributed by atoms with E-state index in [1.807, 2.05) is 18.2 Å². The van der Waals surface area contributed by atoms with Crippen molar-refractivity contribution in [1.29, 1.82) is 0 Å². The molecule has 0 spiro atoms. The van der Waals surface area contributed by atoms with E-state index >= 15 is 0 Å². The first-order valence-electron chi connectivity index (χ1n) is 5.76. The molecule has 0 bridgehead atoms. The fraction of sp³-hybridized carbons (Fsp3) is 0.214. The standard InChI is InChI=1S/C14H15NO2S/c1-10(13-3-2-8-18-13)15-9-11-4-6-12(7-5-11)14(16)17/h2-8,10,15H,9H2,1H3,(H,16,17)/t10-/m1/s1. The summed E-state index contributed by atoms with van der Waals surface area (Å²) >= 11 is 1.73. The summed E-state index contributed by atoms with van der Waals surface area (Å²) in [5.41, 5.74) is 1.41. The van der Waals surface area contributed by atoms with Gasteiger partial charge in [-0.25, -0.2) is 4.79 Å². The minimum absolute atomic E-state index is 0.309. The highest BCUT2D eigenvalue weighted by Crippen LogP contribution is 2.18. The van der Waals surface area contributed by atoms with E-state index in [2.05, 4.69) is 23.7 Å². The summed E-state index contributed by atoms with van der Waals surface area (Å²) < 4.78 is 0. The van der Waals surface area contributed by atoms with Gasteiger partial charge in [-0.15, -0.1) is 11.3 Å². The van der Waals surface area contributed by atoms with Crippen molar-refractivity contribution in [1.82, 2.24) is 5.32 Å². The summed E-state index contributed by atoms with van der Waals surface area (Å²) in [6, 6.07) is 11.4. The molecule has 1 atom stereocenters. The summed E-state index contributed by atoms with van der Waals surface area (Å²) in [5, 5.41) is 14.3. The second-order valence-electron chi connectivity index (χ2n) is 4.12. The Bertz CT molecular complexity index is 505. The van der Waals surface area contributed by atoms with Gasteiger partial charge in [-0.3, -0.25) is 0 Å². The van der Waals surface area contributed by atoms with Crippen LogP contribution >= 0.6 is 11.3 Å². The molecule has 18 heavy (non-hydrogen) atoms. The molecule has 4 heteroatoms. The van der Waals surface area contributed by atoms with E-state index in [0.717, 1.165) is 12.1 Å². The van der Waals surface area contributed by atoms with Gasteiger partial charge in [-0.05, 0) is 36.1 Å². The zero-order chi connectivity index (χ0) is 13.0. The lowest BCUT2D eigenvalue weighted by Crippen LogP contribution is -2.17. The number of carbonyl (C=O) groups is 1. The molecule has 0 aliphatic carbocycles. The van der Waals surface area contributed by atoms with Crippen LogP contribution in [0.4, 0.5) is 0 Å². The maximum Gasteiger partial charge on any atom is 0.335 e. The van der Waals surface area contributed by atoms with Gasteiger partial charge in [0.15, 0.2) is 0 Å². The van der Waals surface area contributed by atoms with E-state index in [9.17, 15) is 4.79 Å². The Balaban J connectivity index is 1.92. The molecule has 1 aromatic heterocycles. The summed E-state index contributed by atoms with van der Waals surface area (Å²) in [5.74, 6) is -0.888. The number of carboxylic acid groups (broad SMARTS) is 1. The third kappa shape index (κ3) is 3.18. The molecular weight excluding hydrogens is 246 g/mol. The molecule has 2 aromatic rings. The van der Waals surface area contributed by atoms with Gasteiger partial charge in [0.05, 0.1) is 5.56 Å². The van der Waals surface area contributed by atoms with E-state index in [1.165, 1.54) is 4.88 Å². The van der Waals surface area contributed by atoms with Crippen molar-refractivity contribution >= 4 is 17.3 Å². The minimum atomic E-state index is -0.888. The molecule has 0 fully saturated rings. The van der Waals surface area contributed by atoms with Crippen molar-refractivity contribution in [2.45, 2.75) is 19.5 Å². The predicted molar refractivity (Wildman–Crippen MR) is 73.0 cm³/mol. The summed E-state index contributed by atoms with van der Waals surface area (Å²) in [6.07, 6.45) is 0. The number of thiophene rings is 1. The van der Waals surface area contributed by atoms with Gasteiger partial charge in [0.2, 0.25) is 0 Å². The first kappa shape index (κ1) is 12.8. The fourth-order valence-corrected chi connectivity index (χ4v) is 2.43. The average molecular weight is 261 g/mol. The Morgan fingerprint density at radius 1 is 1.33 bits per heavy atom. The van der Waals surface area contributed by atoms with Gasteiger partial charge in [0.25, 0.3) is 0 Å². The van der Waals surface area contributed by atoms with Gasteiger partial charge in [0.1, 0.15) is 0 Å². The van der Waals surface area contributed by atoms with Crippen LogP contribution in [-0.2, 0) is 6.54 Å². The number of hydrogen-bond donors (Lipinski definition) is 2. The van der Waals surface area contributed by atoms with E-state index in [-0.39, 0.29) is 0 Å². The molecule has 0 aliphatic heterocycles. The zero-order valence-corrected chi connectivity index (χ0v) is 10.9. The van der Waals surface area contributed by atoms with Crippen LogP contribution in [0.15, 0.2) is 41.8 Å². The molecule has 2 rings (SSSR count). The highest BCUT2D eigenvalue weighted by molar-refractivity contribution is 7.10. The average Bonchev–Trinajstić information content (AvgIpc) is 2.90. The van der Waals surface area contributed by atoms with Crippen molar-refractivity contribution in [3.8, 4) is 0 Å². The number of carboxylic acids is 1. The van der Waals surface area contributed by atoms with E-state index in [0.29, 0.717) is 11.6 Å². The molecular formula is C14H15NO2S. The molecule has 1 heterocycles. The Hall–Kier alpha value is -1.65. The number of nitrogens with one attached hydrogen (secondary N) is 1. The van der Waals surface area contributed by atoms with Crippen molar-refractivity contribution in [2.75, 3.05) is 0 Å². The van der Waals surface area contributed by atoms with Crippen LogP contribution < -0.4 is 5.32 Å². The maximum atomic E-state index is 10.7. The summed E-state index contributed by atoms with van der Waals surface area (Å²) in [7, 11) is 0. The van der Waals surface area contributed by atoms with Crippen LogP contribution in [0.5, 0.6) is 0 Å². The molecule has 3 nitrogen and oxygen atoms in total. The van der Waals surface area contributed by atoms with Gasteiger partial charge in [0, 0.05) is 17.5 Å². The summed E-state index contributed by atoms with van der Waals surface area (Å²) in [4.78, 5) is 12.0. The lowest BCUT2D eigenvalue weighted by molar-refractivity contribution is 0.0697. The van der Waals surface area contributed by atoms with Gasteiger partial charge in [-0.1, -0.05) is 18.2 Å². The minimum Gasteiger partial charge on any atom is -0.478 e. The predicted octanol–water partition coefficient (Wildman–Crippen LogP) is 3.30. The number of aromatic carboxylic acids is 1. The molecule has 1 aromatic carbocycles. The first-order valence-corrected chi connectivity index (χ1v) is 6.64. The molecule has 0 radical (unpaired) electrons. The van der Waals surface area contributed by atoms with Crippen LogP contribution in [-0.4, -0.2) is 11.1 Å². The van der Waals surface area contributed by atoms with Crippen molar-refractivity contribution in [2.24, 2.45) is 0 Å². The molecule has 2 N–H and O–H groups in total. The zero-order valence-electron chi connectivity index (χ0n) is 10.1. The quantitative estimate of drug-likeness (QED) is 0.868. The molecule has 0 unspecified atom stereocenters. The van der Waals surface area contributed by atoms with Crippen LogP contribution in [0.1, 0.15) is 33.8 Å². The number of hydrogen-bond acceptors (Lipinski definition) is 3. The van der Waals surface area contributed by atoms with Crippen molar-refractivity contribution in [3.05, 3.63) is 57.8 Å². The monoisotopic (exact) mass is 261 g/mol. The lowest BCUT2D eigenvalue weighted by Gasteiger charge is -2.12. The van der Waals surface area contributed by atoms with Gasteiger partial charge < -0.3 is 10.4 Å². The van der Waals surface area contributed by atoms with E-state index < -0.39 is 5.97 Å². The third-order valence-electron chi connectivity index (χ3n) is 2.78. The van der Waals surface area contributed by atoms with E-state index in [4.69, 9.17) is 5.11 Å². The second-order valence-corrected chi connectivity index (χ2v) is 5.10. The Kier molecular flexibility index (Phi) is 4.12. The highest BCUT2D eigenvalue weighted by Gasteiger charge is 2.06. The van der Waals surface area contributed by atoms with Gasteiger partial charge in [-0.2, -0.15) is 0 Å². The van der Waals surface area contributed by atoms with Gasteiger partial charge >= 0.3 is 5.97 Å². The first-order chi connectivity index (χ1) is 8.66. The maximum absolute atomic E-state index is 10.7. The molecule has 0 saturated heterocycles. The Morgan fingerprint density at radius 3 is 2.61 bits per heavy atom. The molecule has 0 amide bonds. The largest absolute Gasteiger partial charge is 0.478 e. The van der Waals surface area contributed by atoms with Crippen LogP contribution in [0.3, 0.4) is 0 Å². The lowest BCUT2D eigenvalue weighted by atomic mass is 10.1. The van der Waals surface area contributed by atoms with Crippen LogP contribution in [0, 0.1) is 0 Å². The topological polar surface area (TPSA) is 49.3 Å². The second kappa shape index (κ2) is 5.80. The van der Waals surface area contributed by atoms with Crippen LogP contribution in [0.2, 0.25) is 0 Å². The molecule has 94 valence electrons. The molecule has 0 saturated carbocycles. The smallest absolute Gasteiger partial charge is 0.335 e. The van der Waals surface area contributed by atoms with E-state index in [1.54, 1.807) is 23.5 Å². The third-order valence-corrected chi connectivity index (χ3v) is 3.84. The van der Waals surface area contributed by atoms with Crippen molar-refractivity contribution in [3.63, 3.8) is 0 Å².